The van der Waals surface area contributed by atoms with Crippen LogP contribution >= 0.6 is 0 Å². The second kappa shape index (κ2) is 8.09. The number of carbonyl (C=O) groups is 2. The van der Waals surface area contributed by atoms with Gasteiger partial charge in [0.1, 0.15) is 11.5 Å². The number of aromatic nitrogens is 2. The molecule has 1 saturated heterocycles. The highest BCUT2D eigenvalue weighted by molar-refractivity contribution is 6.05. The van der Waals surface area contributed by atoms with Crippen LogP contribution in [-0.2, 0) is 6.54 Å². The van der Waals surface area contributed by atoms with E-state index in [0.717, 1.165) is 44.3 Å². The summed E-state index contributed by atoms with van der Waals surface area (Å²) in [5.74, 6) is 1.95. The van der Waals surface area contributed by atoms with Crippen LogP contribution in [0.3, 0.4) is 0 Å². The zero-order chi connectivity index (χ0) is 20.7. The van der Waals surface area contributed by atoms with E-state index in [2.05, 4.69) is 23.7 Å². The molecule has 2 aliphatic heterocycles. The number of aryl methyl sites for hydroxylation is 1. The SMILES string of the molecule is CCN1CCn2c(C)nc(C(=O)N3CCCN(CC4CC4)[C@@H](C(C)C)C3)c2C1=O. The maximum atomic E-state index is 13.5. The van der Waals surface area contributed by atoms with Crippen molar-refractivity contribution in [3.63, 3.8) is 0 Å². The molecule has 4 rings (SSSR count). The maximum Gasteiger partial charge on any atom is 0.274 e. The van der Waals surface area contributed by atoms with Crippen LogP contribution in [0.4, 0.5) is 0 Å². The maximum absolute atomic E-state index is 13.5. The fourth-order valence-electron chi connectivity index (χ4n) is 4.87. The third kappa shape index (κ3) is 3.93. The van der Waals surface area contributed by atoms with Crippen molar-refractivity contribution in [2.75, 3.05) is 39.3 Å². The Labute approximate surface area is 174 Å². The van der Waals surface area contributed by atoms with Gasteiger partial charge in [-0.15, -0.1) is 0 Å². The Hall–Kier alpha value is -1.89. The Balaban J connectivity index is 1.59. The first-order chi connectivity index (χ1) is 13.9. The second-order valence-electron chi connectivity index (χ2n) is 9.25. The first kappa shape index (κ1) is 20.4. The Kier molecular flexibility index (Phi) is 5.69. The number of rotatable bonds is 5. The van der Waals surface area contributed by atoms with Crippen LogP contribution in [0.2, 0.25) is 0 Å². The van der Waals surface area contributed by atoms with Crippen molar-refractivity contribution in [2.45, 2.75) is 59.5 Å². The summed E-state index contributed by atoms with van der Waals surface area (Å²) in [7, 11) is 0. The van der Waals surface area contributed by atoms with Gasteiger partial charge < -0.3 is 14.4 Å². The highest BCUT2D eigenvalue weighted by Crippen LogP contribution is 2.32. The smallest absolute Gasteiger partial charge is 0.274 e. The zero-order valence-corrected chi connectivity index (χ0v) is 18.4. The van der Waals surface area contributed by atoms with E-state index in [4.69, 9.17) is 0 Å². The molecule has 1 aromatic heterocycles. The summed E-state index contributed by atoms with van der Waals surface area (Å²) in [4.78, 5) is 37.5. The molecule has 0 bridgehead atoms. The standard InChI is InChI=1S/C22H35N5O2/c1-5-24-11-12-27-16(4)23-19(20(27)22(24)29)21(28)26-10-6-9-25(13-17-7-8-17)18(14-26)15(2)3/h15,17-18H,5-14H2,1-4H3/t18-/m1/s1. The predicted molar refractivity (Wildman–Crippen MR) is 112 cm³/mol. The molecular formula is C22H35N5O2. The van der Waals surface area contributed by atoms with Crippen molar-refractivity contribution in [3.8, 4) is 0 Å². The molecule has 0 unspecified atom stereocenters. The number of amides is 2. The number of carbonyl (C=O) groups excluding carboxylic acids is 2. The van der Waals surface area contributed by atoms with Gasteiger partial charge in [-0.05, 0) is 44.9 Å². The Morgan fingerprint density at radius 1 is 1.17 bits per heavy atom. The van der Waals surface area contributed by atoms with Crippen LogP contribution < -0.4 is 0 Å². The summed E-state index contributed by atoms with van der Waals surface area (Å²) >= 11 is 0. The van der Waals surface area contributed by atoms with E-state index in [9.17, 15) is 9.59 Å². The van der Waals surface area contributed by atoms with Gasteiger partial charge in [0.2, 0.25) is 0 Å². The average molecular weight is 402 g/mol. The lowest BCUT2D eigenvalue weighted by atomic mass is 10.0. The van der Waals surface area contributed by atoms with Crippen LogP contribution in [0.1, 0.15) is 66.8 Å². The van der Waals surface area contributed by atoms with E-state index < -0.39 is 0 Å². The van der Waals surface area contributed by atoms with Gasteiger partial charge in [0.05, 0.1) is 0 Å². The minimum absolute atomic E-state index is 0.0618. The number of imidazole rings is 1. The lowest BCUT2D eigenvalue weighted by Gasteiger charge is -2.34. The monoisotopic (exact) mass is 401 g/mol. The zero-order valence-electron chi connectivity index (χ0n) is 18.4. The molecule has 0 N–H and O–H groups in total. The van der Waals surface area contributed by atoms with Crippen molar-refractivity contribution in [3.05, 3.63) is 17.2 Å². The molecule has 1 aromatic rings. The predicted octanol–water partition coefficient (Wildman–Crippen LogP) is 2.25. The molecular weight excluding hydrogens is 366 g/mol. The molecule has 0 radical (unpaired) electrons. The summed E-state index contributed by atoms with van der Waals surface area (Å²) in [6, 6.07) is 0.365. The minimum Gasteiger partial charge on any atom is -0.336 e. The van der Waals surface area contributed by atoms with Gasteiger partial charge >= 0.3 is 0 Å². The summed E-state index contributed by atoms with van der Waals surface area (Å²) in [6.45, 7) is 14.1. The molecule has 0 spiro atoms. The van der Waals surface area contributed by atoms with E-state index in [1.54, 1.807) is 0 Å². The van der Waals surface area contributed by atoms with Gasteiger partial charge in [0.25, 0.3) is 11.8 Å². The van der Waals surface area contributed by atoms with Crippen LogP contribution in [0.25, 0.3) is 0 Å². The van der Waals surface area contributed by atoms with Crippen molar-refractivity contribution in [1.82, 2.24) is 24.3 Å². The van der Waals surface area contributed by atoms with Gasteiger partial charge in [0.15, 0.2) is 5.69 Å². The highest BCUT2D eigenvalue weighted by Gasteiger charge is 2.37. The number of hydrogen-bond donors (Lipinski definition) is 0. The summed E-state index contributed by atoms with van der Waals surface area (Å²) in [5, 5.41) is 0. The number of likely N-dealkylation sites (N-methyl/N-ethyl adjacent to an activating group) is 1. The molecule has 1 atom stereocenters. The summed E-state index contributed by atoms with van der Waals surface area (Å²) < 4.78 is 1.93. The van der Waals surface area contributed by atoms with Gasteiger partial charge in [-0.25, -0.2) is 4.98 Å². The van der Waals surface area contributed by atoms with E-state index in [1.807, 2.05) is 28.2 Å². The third-order valence-electron chi connectivity index (χ3n) is 6.82. The molecule has 3 heterocycles. The van der Waals surface area contributed by atoms with Gasteiger partial charge in [-0.3, -0.25) is 14.5 Å². The van der Waals surface area contributed by atoms with Gasteiger partial charge in [-0.1, -0.05) is 13.8 Å². The van der Waals surface area contributed by atoms with Crippen molar-refractivity contribution >= 4 is 11.8 Å². The molecule has 7 heteroatoms. The lowest BCUT2D eigenvalue weighted by Crippen LogP contribution is -2.47. The fourth-order valence-corrected chi connectivity index (χ4v) is 4.87. The van der Waals surface area contributed by atoms with Gasteiger partial charge in [-0.2, -0.15) is 0 Å². The molecule has 2 fully saturated rings. The lowest BCUT2D eigenvalue weighted by molar-refractivity contribution is 0.0662. The average Bonchev–Trinajstić information content (AvgIpc) is 3.48. The number of hydrogen-bond acceptors (Lipinski definition) is 4. The molecule has 160 valence electrons. The first-order valence-electron chi connectivity index (χ1n) is 11.3. The molecule has 29 heavy (non-hydrogen) atoms. The van der Waals surface area contributed by atoms with E-state index in [0.29, 0.717) is 43.0 Å². The van der Waals surface area contributed by atoms with Crippen molar-refractivity contribution in [1.29, 1.82) is 0 Å². The van der Waals surface area contributed by atoms with Crippen molar-refractivity contribution < 1.29 is 9.59 Å². The molecule has 7 nitrogen and oxygen atoms in total. The molecule has 3 aliphatic rings. The van der Waals surface area contributed by atoms with Crippen LogP contribution in [0.15, 0.2) is 0 Å². The van der Waals surface area contributed by atoms with Crippen LogP contribution in [0, 0.1) is 18.8 Å². The largest absolute Gasteiger partial charge is 0.336 e. The Morgan fingerprint density at radius 3 is 2.59 bits per heavy atom. The second-order valence-corrected chi connectivity index (χ2v) is 9.25. The first-order valence-corrected chi connectivity index (χ1v) is 11.3. The van der Waals surface area contributed by atoms with Crippen LogP contribution in [0.5, 0.6) is 0 Å². The molecule has 2 amide bonds. The number of fused-ring (bicyclic) bond motifs is 1. The Morgan fingerprint density at radius 2 is 1.93 bits per heavy atom. The molecule has 1 aliphatic carbocycles. The quantitative estimate of drug-likeness (QED) is 0.759. The normalized spacial score (nSPS) is 23.5. The topological polar surface area (TPSA) is 61.7 Å². The van der Waals surface area contributed by atoms with E-state index >= 15 is 0 Å². The summed E-state index contributed by atoms with van der Waals surface area (Å²) in [6.07, 6.45) is 3.67. The Bertz CT molecular complexity index is 782. The highest BCUT2D eigenvalue weighted by atomic mass is 16.2. The van der Waals surface area contributed by atoms with Gasteiger partial charge in [0, 0.05) is 51.9 Å². The minimum atomic E-state index is -0.0768. The van der Waals surface area contributed by atoms with Crippen molar-refractivity contribution in [2.24, 2.45) is 11.8 Å². The third-order valence-corrected chi connectivity index (χ3v) is 6.82. The molecule has 1 saturated carbocycles. The summed E-state index contributed by atoms with van der Waals surface area (Å²) in [5.41, 5.74) is 0.838. The number of nitrogens with zero attached hydrogens (tertiary/aromatic N) is 5. The fraction of sp³-hybridized carbons (Fsp3) is 0.773. The van der Waals surface area contributed by atoms with E-state index in [1.165, 1.54) is 12.8 Å². The van der Waals surface area contributed by atoms with E-state index in [-0.39, 0.29) is 11.8 Å². The molecule has 0 aromatic carbocycles. The van der Waals surface area contributed by atoms with Crippen LogP contribution in [-0.4, -0.2) is 81.4 Å².